The number of H-pyrrole nitrogens is 1. The molecule has 3 heterocycles. The molecule has 1 amide bonds. The van der Waals surface area contributed by atoms with Gasteiger partial charge in [0.25, 0.3) is 5.91 Å². The molecule has 2 aromatic carbocycles. The van der Waals surface area contributed by atoms with Crippen LogP contribution in [0.25, 0.3) is 10.9 Å². The molecule has 1 atom stereocenters. The molecular weight excluding hydrogens is 438 g/mol. The smallest absolute Gasteiger partial charge is 0.254 e. The molecule has 0 unspecified atom stereocenters. The van der Waals surface area contributed by atoms with E-state index in [0.717, 1.165) is 52.9 Å². The quantitative estimate of drug-likeness (QED) is 0.366. The van der Waals surface area contributed by atoms with Crippen molar-refractivity contribution in [3.63, 3.8) is 0 Å². The molecule has 1 fully saturated rings. The SMILES string of the molecule is Cc1[nH]c2ccc(C(=O)N(Cc3ccc(OCc4cccnc4)cc3)C[C@@H]3CCCO3)cc2c1C. The van der Waals surface area contributed by atoms with Crippen molar-refractivity contribution in [2.75, 3.05) is 13.2 Å². The third kappa shape index (κ3) is 5.38. The Hall–Kier alpha value is -3.64. The maximum atomic E-state index is 13.7. The molecule has 0 aliphatic carbocycles. The number of fused-ring (bicyclic) bond motifs is 1. The summed E-state index contributed by atoms with van der Waals surface area (Å²) in [6.45, 7) is 6.49. The number of pyridine rings is 1. The van der Waals surface area contributed by atoms with Crippen LogP contribution < -0.4 is 4.74 Å². The van der Waals surface area contributed by atoms with Crippen molar-refractivity contribution in [3.8, 4) is 5.75 Å². The van der Waals surface area contributed by atoms with Gasteiger partial charge in [0.2, 0.25) is 0 Å². The van der Waals surface area contributed by atoms with Crippen LogP contribution in [0.2, 0.25) is 0 Å². The van der Waals surface area contributed by atoms with Crippen molar-refractivity contribution in [2.45, 2.75) is 45.9 Å². The molecule has 1 aliphatic rings. The van der Waals surface area contributed by atoms with E-state index in [1.54, 1.807) is 12.4 Å². The van der Waals surface area contributed by atoms with Gasteiger partial charge >= 0.3 is 0 Å². The van der Waals surface area contributed by atoms with Gasteiger partial charge in [0.05, 0.1) is 6.10 Å². The number of aryl methyl sites for hydroxylation is 2. The van der Waals surface area contributed by atoms with Gasteiger partial charge in [-0.05, 0) is 74.2 Å². The van der Waals surface area contributed by atoms with Crippen molar-refractivity contribution in [1.29, 1.82) is 0 Å². The normalized spacial score (nSPS) is 15.4. The third-order valence-electron chi connectivity index (χ3n) is 6.72. The molecule has 6 nitrogen and oxygen atoms in total. The molecule has 0 radical (unpaired) electrons. The van der Waals surface area contributed by atoms with Crippen LogP contribution >= 0.6 is 0 Å². The fourth-order valence-electron chi connectivity index (χ4n) is 4.59. The molecule has 1 aliphatic heterocycles. The van der Waals surface area contributed by atoms with E-state index >= 15 is 0 Å². The van der Waals surface area contributed by atoms with Crippen molar-refractivity contribution >= 4 is 16.8 Å². The predicted molar refractivity (Wildman–Crippen MR) is 136 cm³/mol. The molecule has 2 aromatic heterocycles. The summed E-state index contributed by atoms with van der Waals surface area (Å²) in [5.74, 6) is 0.816. The molecule has 4 aromatic rings. The number of amides is 1. The van der Waals surface area contributed by atoms with E-state index < -0.39 is 0 Å². The van der Waals surface area contributed by atoms with Crippen molar-refractivity contribution in [3.05, 3.63) is 94.9 Å². The van der Waals surface area contributed by atoms with E-state index in [1.165, 1.54) is 5.56 Å². The molecule has 1 saturated heterocycles. The van der Waals surface area contributed by atoms with Gasteiger partial charge in [-0.1, -0.05) is 18.2 Å². The van der Waals surface area contributed by atoms with E-state index in [2.05, 4.69) is 23.8 Å². The highest BCUT2D eigenvalue weighted by Crippen LogP contribution is 2.25. The second-order valence-electron chi connectivity index (χ2n) is 9.25. The summed E-state index contributed by atoms with van der Waals surface area (Å²) >= 11 is 0. The summed E-state index contributed by atoms with van der Waals surface area (Å²) in [6.07, 6.45) is 5.67. The molecule has 180 valence electrons. The molecular formula is C29H31N3O3. The van der Waals surface area contributed by atoms with Gasteiger partial charge in [-0.25, -0.2) is 0 Å². The lowest BCUT2D eigenvalue weighted by molar-refractivity contribution is 0.0507. The summed E-state index contributed by atoms with van der Waals surface area (Å²) in [5.41, 5.74) is 6.15. The van der Waals surface area contributed by atoms with Crippen LogP contribution in [0, 0.1) is 13.8 Å². The monoisotopic (exact) mass is 469 g/mol. The summed E-state index contributed by atoms with van der Waals surface area (Å²) in [4.78, 5) is 23.1. The number of carbonyl (C=O) groups is 1. The van der Waals surface area contributed by atoms with Crippen LogP contribution in [0.3, 0.4) is 0 Å². The first-order valence-electron chi connectivity index (χ1n) is 12.2. The maximum absolute atomic E-state index is 13.7. The van der Waals surface area contributed by atoms with Crippen molar-refractivity contribution in [1.82, 2.24) is 14.9 Å². The number of ether oxygens (including phenoxy) is 2. The molecule has 35 heavy (non-hydrogen) atoms. The Morgan fingerprint density at radius 1 is 1.14 bits per heavy atom. The van der Waals surface area contributed by atoms with Crippen LogP contribution in [0.4, 0.5) is 0 Å². The number of aromatic nitrogens is 2. The number of carbonyl (C=O) groups excluding carboxylic acids is 1. The summed E-state index contributed by atoms with van der Waals surface area (Å²) < 4.78 is 11.8. The van der Waals surface area contributed by atoms with E-state index in [0.29, 0.717) is 25.3 Å². The Labute approximate surface area is 205 Å². The number of hydrogen-bond donors (Lipinski definition) is 1. The van der Waals surface area contributed by atoms with E-state index in [9.17, 15) is 4.79 Å². The maximum Gasteiger partial charge on any atom is 0.254 e. The lowest BCUT2D eigenvalue weighted by atomic mass is 10.1. The standard InChI is InChI=1S/C29H31N3O3/c1-20-21(2)31-28-12-9-24(15-27(20)28)29(33)32(18-26-6-4-14-34-26)17-22-7-10-25(11-8-22)35-19-23-5-3-13-30-16-23/h3,5,7-13,15-16,26,31H,4,6,14,17-19H2,1-2H3/t26-/m0/s1. The predicted octanol–water partition coefficient (Wildman–Crippen LogP) is 5.58. The van der Waals surface area contributed by atoms with Gasteiger partial charge in [0.15, 0.2) is 0 Å². The fourth-order valence-corrected chi connectivity index (χ4v) is 4.59. The van der Waals surface area contributed by atoms with Crippen LogP contribution in [0.1, 0.15) is 45.6 Å². The zero-order chi connectivity index (χ0) is 24.2. The van der Waals surface area contributed by atoms with Crippen LogP contribution in [-0.2, 0) is 17.9 Å². The van der Waals surface area contributed by atoms with E-state index in [1.807, 2.05) is 59.5 Å². The first kappa shape index (κ1) is 23.1. The molecule has 0 spiro atoms. The second-order valence-corrected chi connectivity index (χ2v) is 9.25. The average molecular weight is 470 g/mol. The Morgan fingerprint density at radius 2 is 2.00 bits per heavy atom. The van der Waals surface area contributed by atoms with Crippen molar-refractivity contribution in [2.24, 2.45) is 0 Å². The number of rotatable bonds is 8. The second kappa shape index (κ2) is 10.3. The first-order valence-corrected chi connectivity index (χ1v) is 12.2. The molecule has 1 N–H and O–H groups in total. The molecule has 6 heteroatoms. The van der Waals surface area contributed by atoms with Crippen molar-refractivity contribution < 1.29 is 14.3 Å². The minimum atomic E-state index is 0.0255. The highest BCUT2D eigenvalue weighted by molar-refractivity contribution is 5.99. The number of benzene rings is 2. The fraction of sp³-hybridized carbons (Fsp3) is 0.310. The number of nitrogens with zero attached hydrogens (tertiary/aromatic N) is 2. The topological polar surface area (TPSA) is 67.5 Å². The molecule has 5 rings (SSSR count). The lowest BCUT2D eigenvalue weighted by Gasteiger charge is -2.26. The Bertz CT molecular complexity index is 1290. The van der Waals surface area contributed by atoms with Crippen LogP contribution in [-0.4, -0.2) is 40.0 Å². The number of hydrogen-bond acceptors (Lipinski definition) is 4. The highest BCUT2D eigenvalue weighted by Gasteiger charge is 2.24. The Kier molecular flexibility index (Phi) is 6.82. The Morgan fingerprint density at radius 3 is 2.74 bits per heavy atom. The van der Waals surface area contributed by atoms with Gasteiger partial charge in [-0.15, -0.1) is 0 Å². The number of nitrogens with one attached hydrogen (secondary N) is 1. The molecule has 0 bridgehead atoms. The van der Waals surface area contributed by atoms with E-state index in [-0.39, 0.29) is 12.0 Å². The first-order chi connectivity index (χ1) is 17.1. The van der Waals surface area contributed by atoms with Gasteiger partial charge < -0.3 is 19.4 Å². The minimum Gasteiger partial charge on any atom is -0.489 e. The third-order valence-corrected chi connectivity index (χ3v) is 6.72. The minimum absolute atomic E-state index is 0.0255. The van der Waals surface area contributed by atoms with E-state index in [4.69, 9.17) is 9.47 Å². The average Bonchev–Trinajstić information content (AvgIpc) is 3.50. The number of aromatic amines is 1. The van der Waals surface area contributed by atoms with Gasteiger partial charge in [-0.2, -0.15) is 0 Å². The van der Waals surface area contributed by atoms with Crippen LogP contribution in [0.15, 0.2) is 67.0 Å². The zero-order valence-corrected chi connectivity index (χ0v) is 20.3. The summed E-state index contributed by atoms with van der Waals surface area (Å²) in [6, 6.07) is 17.8. The van der Waals surface area contributed by atoms with Crippen LogP contribution in [0.5, 0.6) is 5.75 Å². The summed E-state index contributed by atoms with van der Waals surface area (Å²) in [7, 11) is 0. The largest absolute Gasteiger partial charge is 0.489 e. The van der Waals surface area contributed by atoms with Gasteiger partial charge in [0.1, 0.15) is 12.4 Å². The lowest BCUT2D eigenvalue weighted by Crippen LogP contribution is -2.37. The Balaban J connectivity index is 1.32. The summed E-state index contributed by atoms with van der Waals surface area (Å²) in [5, 5.41) is 1.10. The highest BCUT2D eigenvalue weighted by atomic mass is 16.5. The zero-order valence-electron chi connectivity index (χ0n) is 20.3. The van der Waals surface area contributed by atoms with Gasteiger partial charge in [0, 0.05) is 59.8 Å². The van der Waals surface area contributed by atoms with Gasteiger partial charge in [-0.3, -0.25) is 9.78 Å². The molecule has 0 saturated carbocycles.